The van der Waals surface area contributed by atoms with Gasteiger partial charge in [-0.2, -0.15) is 0 Å². The molecule has 0 fully saturated rings. The van der Waals surface area contributed by atoms with E-state index in [1.54, 1.807) is 6.92 Å². The van der Waals surface area contributed by atoms with Crippen LogP contribution in [0.25, 0.3) is 0 Å². The molecule has 1 aliphatic rings. The number of esters is 1. The summed E-state index contributed by atoms with van der Waals surface area (Å²) in [5.41, 5.74) is 0. The van der Waals surface area contributed by atoms with Gasteiger partial charge in [0.2, 0.25) is 0 Å². The summed E-state index contributed by atoms with van der Waals surface area (Å²) in [5, 5.41) is 0. The van der Waals surface area contributed by atoms with Gasteiger partial charge in [-0.25, -0.2) is 4.79 Å². The Labute approximate surface area is 66.2 Å². The van der Waals surface area contributed by atoms with Crippen LogP contribution in [0.3, 0.4) is 0 Å². The van der Waals surface area contributed by atoms with Gasteiger partial charge in [0.25, 0.3) is 0 Å². The van der Waals surface area contributed by atoms with Crippen LogP contribution in [0, 0.1) is 0 Å². The first-order valence-electron chi connectivity index (χ1n) is 2.69. The van der Waals surface area contributed by atoms with Gasteiger partial charge in [0.1, 0.15) is 5.76 Å². The molecule has 0 aliphatic carbocycles. The van der Waals surface area contributed by atoms with Crippen molar-refractivity contribution in [2.24, 2.45) is 0 Å². The summed E-state index contributed by atoms with van der Waals surface area (Å²) in [6.07, 6.45) is 1.29. The van der Waals surface area contributed by atoms with Crippen LogP contribution >= 0.6 is 15.9 Å². The Morgan fingerprint density at radius 3 is 2.70 bits per heavy atom. The number of carbonyl (C=O) groups is 2. The minimum Gasteiger partial charge on any atom is -0.430 e. The Morgan fingerprint density at radius 2 is 2.20 bits per heavy atom. The molecule has 1 unspecified atom stereocenters. The van der Waals surface area contributed by atoms with Crippen molar-refractivity contribution in [3.05, 3.63) is 11.8 Å². The summed E-state index contributed by atoms with van der Waals surface area (Å²) in [7, 11) is 0. The van der Waals surface area contributed by atoms with Crippen molar-refractivity contribution in [2.75, 3.05) is 0 Å². The monoisotopic (exact) mass is 204 g/mol. The van der Waals surface area contributed by atoms with Crippen molar-refractivity contribution >= 4 is 27.7 Å². The number of cyclic esters (lactones) is 1. The molecule has 3 nitrogen and oxygen atoms in total. The van der Waals surface area contributed by atoms with Gasteiger partial charge in [-0.1, -0.05) is 15.9 Å². The van der Waals surface area contributed by atoms with E-state index in [2.05, 4.69) is 20.7 Å². The van der Waals surface area contributed by atoms with Crippen LogP contribution in [0.4, 0.5) is 0 Å². The molecule has 0 aromatic heterocycles. The Bertz CT molecular complexity index is 219. The largest absolute Gasteiger partial charge is 0.430 e. The average molecular weight is 205 g/mol. The second-order valence-electron chi connectivity index (χ2n) is 1.94. The second-order valence-corrected chi connectivity index (χ2v) is 2.86. The number of carbonyl (C=O) groups excluding carboxylic acids is 2. The highest BCUT2D eigenvalue weighted by molar-refractivity contribution is 9.10. The quantitative estimate of drug-likeness (QED) is 0.333. The van der Waals surface area contributed by atoms with Gasteiger partial charge in [-0.05, 0) is 6.92 Å². The molecule has 1 atom stereocenters. The number of rotatable bonds is 0. The van der Waals surface area contributed by atoms with Crippen LogP contribution < -0.4 is 0 Å². The van der Waals surface area contributed by atoms with Crippen LogP contribution in [0.1, 0.15) is 6.92 Å². The normalized spacial score (nSPS) is 25.8. The van der Waals surface area contributed by atoms with Crippen LogP contribution in [0.5, 0.6) is 0 Å². The van der Waals surface area contributed by atoms with Gasteiger partial charge in [0.05, 0.1) is 0 Å². The van der Waals surface area contributed by atoms with Crippen molar-refractivity contribution in [1.29, 1.82) is 0 Å². The maximum absolute atomic E-state index is 10.8. The van der Waals surface area contributed by atoms with E-state index in [4.69, 9.17) is 0 Å². The van der Waals surface area contributed by atoms with Crippen LogP contribution in [-0.4, -0.2) is 16.6 Å². The Hall–Kier alpha value is -0.640. The summed E-state index contributed by atoms with van der Waals surface area (Å²) in [6.45, 7) is 1.56. The molecule has 1 heterocycles. The zero-order valence-corrected chi connectivity index (χ0v) is 6.84. The molecule has 1 rings (SSSR count). The third-order valence-corrected chi connectivity index (χ3v) is 1.89. The van der Waals surface area contributed by atoms with E-state index in [9.17, 15) is 9.59 Å². The first-order valence-corrected chi connectivity index (χ1v) is 3.61. The third-order valence-electron chi connectivity index (χ3n) is 1.06. The number of ether oxygens (including phenoxy) is 1. The molecule has 1 aliphatic heterocycles. The summed E-state index contributed by atoms with van der Waals surface area (Å²) in [6, 6.07) is 0. The molecule has 0 aromatic rings. The Morgan fingerprint density at radius 1 is 1.60 bits per heavy atom. The van der Waals surface area contributed by atoms with Crippen molar-refractivity contribution in [3.63, 3.8) is 0 Å². The molecule has 0 saturated carbocycles. The highest BCUT2D eigenvalue weighted by Gasteiger charge is 2.28. The topological polar surface area (TPSA) is 43.4 Å². The lowest BCUT2D eigenvalue weighted by Crippen LogP contribution is -2.28. The van der Waals surface area contributed by atoms with E-state index in [0.29, 0.717) is 5.76 Å². The van der Waals surface area contributed by atoms with Gasteiger partial charge in [-0.15, -0.1) is 0 Å². The number of allylic oxidation sites excluding steroid dienone is 2. The smallest absolute Gasteiger partial charge is 0.332 e. The van der Waals surface area contributed by atoms with Gasteiger partial charge < -0.3 is 4.74 Å². The lowest BCUT2D eigenvalue weighted by molar-refractivity contribution is -0.142. The number of halogens is 1. The average Bonchev–Trinajstić information content (AvgIpc) is 1.82. The van der Waals surface area contributed by atoms with Crippen LogP contribution in [0.15, 0.2) is 11.8 Å². The summed E-state index contributed by atoms with van der Waals surface area (Å²) < 4.78 is 4.62. The number of hydrogen-bond donors (Lipinski definition) is 0. The van der Waals surface area contributed by atoms with Gasteiger partial charge >= 0.3 is 5.97 Å². The Balaban J connectivity index is 2.89. The van der Waals surface area contributed by atoms with Crippen molar-refractivity contribution in [1.82, 2.24) is 0 Å². The molecule has 4 heteroatoms. The van der Waals surface area contributed by atoms with E-state index in [0.717, 1.165) is 0 Å². The van der Waals surface area contributed by atoms with Crippen molar-refractivity contribution < 1.29 is 14.3 Å². The number of hydrogen-bond acceptors (Lipinski definition) is 3. The molecule has 0 aromatic carbocycles. The fourth-order valence-corrected chi connectivity index (χ4v) is 0.855. The second kappa shape index (κ2) is 2.54. The van der Waals surface area contributed by atoms with Gasteiger partial charge in [-0.3, -0.25) is 4.79 Å². The predicted molar refractivity (Wildman–Crippen MR) is 37.6 cm³/mol. The molecule has 0 bridgehead atoms. The molecule has 0 amide bonds. The van der Waals surface area contributed by atoms with Gasteiger partial charge in [0.15, 0.2) is 10.6 Å². The van der Waals surface area contributed by atoms with Gasteiger partial charge in [0, 0.05) is 6.08 Å². The SMILES string of the molecule is CC1=CC(=O)C(Br)C(=O)O1. The zero-order chi connectivity index (χ0) is 7.72. The number of ketones is 1. The maximum atomic E-state index is 10.8. The number of alkyl halides is 1. The molecular weight excluding hydrogens is 200 g/mol. The van der Waals surface area contributed by atoms with E-state index in [1.807, 2.05) is 0 Å². The summed E-state index contributed by atoms with van der Waals surface area (Å²) in [5.74, 6) is -0.440. The summed E-state index contributed by atoms with van der Waals surface area (Å²) in [4.78, 5) is 20.7. The van der Waals surface area contributed by atoms with Crippen molar-refractivity contribution in [2.45, 2.75) is 11.8 Å². The lowest BCUT2D eigenvalue weighted by atomic mass is 10.2. The zero-order valence-electron chi connectivity index (χ0n) is 5.26. The first-order chi connectivity index (χ1) is 4.61. The third kappa shape index (κ3) is 1.26. The molecule has 10 heavy (non-hydrogen) atoms. The molecule has 0 saturated heterocycles. The van der Waals surface area contributed by atoms with E-state index >= 15 is 0 Å². The Kier molecular flexibility index (Phi) is 1.89. The highest BCUT2D eigenvalue weighted by atomic mass is 79.9. The molecular formula is C6H5BrO3. The molecule has 0 radical (unpaired) electrons. The van der Waals surface area contributed by atoms with Crippen molar-refractivity contribution in [3.8, 4) is 0 Å². The fraction of sp³-hybridized carbons (Fsp3) is 0.333. The maximum Gasteiger partial charge on any atom is 0.332 e. The summed E-state index contributed by atoms with van der Waals surface area (Å²) >= 11 is 2.88. The minimum absolute atomic E-state index is 0.256. The minimum atomic E-state index is -0.809. The lowest BCUT2D eigenvalue weighted by Gasteiger charge is -2.12. The molecule has 0 spiro atoms. The van der Waals surface area contributed by atoms with E-state index < -0.39 is 10.8 Å². The molecule has 0 N–H and O–H groups in total. The van der Waals surface area contributed by atoms with Crippen LogP contribution in [-0.2, 0) is 14.3 Å². The van der Waals surface area contributed by atoms with Crippen LogP contribution in [0.2, 0.25) is 0 Å². The fourth-order valence-electron chi connectivity index (χ4n) is 0.630. The van der Waals surface area contributed by atoms with E-state index in [-0.39, 0.29) is 5.78 Å². The molecule has 54 valence electrons. The highest BCUT2D eigenvalue weighted by Crippen LogP contribution is 2.14. The predicted octanol–water partition coefficient (Wildman–Crippen LogP) is 0.780. The first kappa shape index (κ1) is 7.47. The standard InChI is InChI=1S/C6H5BrO3/c1-3-2-4(8)5(7)6(9)10-3/h2,5H,1H3. The van der Waals surface area contributed by atoms with E-state index in [1.165, 1.54) is 6.08 Å².